The van der Waals surface area contributed by atoms with Gasteiger partial charge >= 0.3 is 0 Å². The van der Waals surface area contributed by atoms with E-state index in [2.05, 4.69) is 4.98 Å². The van der Waals surface area contributed by atoms with Gasteiger partial charge in [-0.1, -0.05) is 11.6 Å². The van der Waals surface area contributed by atoms with E-state index in [0.717, 1.165) is 5.56 Å². The largest absolute Gasteiger partial charge is 0.494 e. The van der Waals surface area contributed by atoms with Gasteiger partial charge < -0.3 is 10.5 Å². The maximum absolute atomic E-state index is 5.69. The Morgan fingerprint density at radius 2 is 2.27 bits per heavy atom. The summed E-state index contributed by atoms with van der Waals surface area (Å²) in [5.74, 6) is 0.995. The molecule has 1 heterocycles. The average Bonchev–Trinajstić information content (AvgIpc) is 1.97. The minimum Gasteiger partial charge on any atom is -0.494 e. The highest BCUT2D eigenvalue weighted by molar-refractivity contribution is 6.31. The summed E-state index contributed by atoms with van der Waals surface area (Å²) in [6.45, 7) is 1.85. The molecule has 2 N–H and O–H groups in total. The molecular weight excluding hydrogens is 164 g/mol. The molecule has 0 fully saturated rings. The average molecular weight is 173 g/mol. The van der Waals surface area contributed by atoms with Crippen molar-refractivity contribution in [3.8, 4) is 5.75 Å². The van der Waals surface area contributed by atoms with Crippen molar-refractivity contribution >= 4 is 17.4 Å². The molecule has 0 radical (unpaired) electrons. The Hall–Kier alpha value is -0.960. The number of hydrogen-bond donors (Lipinski definition) is 1. The van der Waals surface area contributed by atoms with Crippen molar-refractivity contribution in [2.45, 2.75) is 6.92 Å². The van der Waals surface area contributed by atoms with E-state index in [-0.39, 0.29) is 0 Å². The van der Waals surface area contributed by atoms with Gasteiger partial charge in [0.05, 0.1) is 7.11 Å². The second-order valence-electron chi connectivity index (χ2n) is 2.18. The van der Waals surface area contributed by atoms with E-state index in [1.165, 1.54) is 0 Å². The van der Waals surface area contributed by atoms with Crippen molar-refractivity contribution in [2.24, 2.45) is 0 Å². The number of hydrogen-bond acceptors (Lipinski definition) is 3. The van der Waals surface area contributed by atoms with E-state index in [0.29, 0.717) is 16.7 Å². The smallest absolute Gasteiger partial charge is 0.173 e. The number of anilines is 1. The Labute approximate surface area is 70.1 Å². The number of nitrogens with zero attached hydrogens (tertiary/aromatic N) is 1. The van der Waals surface area contributed by atoms with E-state index < -0.39 is 0 Å². The van der Waals surface area contributed by atoms with Gasteiger partial charge in [0.25, 0.3) is 0 Å². The second-order valence-corrected chi connectivity index (χ2v) is 2.54. The summed E-state index contributed by atoms with van der Waals surface area (Å²) in [4.78, 5) is 3.86. The molecular formula is C7H9ClN2O. The van der Waals surface area contributed by atoms with Gasteiger partial charge in [-0.2, -0.15) is 0 Å². The number of rotatable bonds is 1. The Morgan fingerprint density at radius 1 is 1.64 bits per heavy atom. The molecule has 60 valence electrons. The quantitative estimate of drug-likeness (QED) is 0.656. The van der Waals surface area contributed by atoms with Crippen LogP contribution in [0, 0.1) is 6.92 Å². The minimum atomic E-state index is 0.301. The lowest BCUT2D eigenvalue weighted by molar-refractivity contribution is 0.413. The Kier molecular flexibility index (Phi) is 2.19. The highest BCUT2D eigenvalue weighted by Crippen LogP contribution is 2.25. The fraction of sp³-hybridized carbons (Fsp3) is 0.286. The minimum absolute atomic E-state index is 0.301. The van der Waals surface area contributed by atoms with E-state index in [4.69, 9.17) is 22.1 Å². The number of pyridine rings is 1. The molecule has 1 aromatic rings. The van der Waals surface area contributed by atoms with Crippen LogP contribution in [0.25, 0.3) is 0 Å². The van der Waals surface area contributed by atoms with Crippen molar-refractivity contribution in [3.63, 3.8) is 0 Å². The van der Waals surface area contributed by atoms with Crippen molar-refractivity contribution in [1.82, 2.24) is 4.98 Å². The van der Waals surface area contributed by atoms with Crippen molar-refractivity contribution < 1.29 is 4.74 Å². The summed E-state index contributed by atoms with van der Waals surface area (Å²) in [5.41, 5.74) is 6.36. The molecule has 0 saturated carbocycles. The van der Waals surface area contributed by atoms with E-state index in [9.17, 15) is 0 Å². The third-order valence-electron chi connectivity index (χ3n) is 1.39. The fourth-order valence-corrected chi connectivity index (χ4v) is 0.945. The Morgan fingerprint density at radius 3 is 2.82 bits per heavy atom. The SMILES string of the molecule is COc1cc(C)c(N)nc1Cl. The molecule has 4 heteroatoms. The summed E-state index contributed by atoms with van der Waals surface area (Å²) >= 11 is 5.69. The monoisotopic (exact) mass is 172 g/mol. The first-order chi connectivity index (χ1) is 5.15. The van der Waals surface area contributed by atoms with Crippen molar-refractivity contribution in [1.29, 1.82) is 0 Å². The number of nitrogens with two attached hydrogens (primary N) is 1. The van der Waals surface area contributed by atoms with Crippen LogP contribution in [0.5, 0.6) is 5.75 Å². The molecule has 0 bridgehead atoms. The summed E-state index contributed by atoms with van der Waals surface area (Å²) < 4.78 is 4.93. The van der Waals surface area contributed by atoms with Crippen LogP contribution in [0.3, 0.4) is 0 Å². The number of methoxy groups -OCH3 is 1. The number of aromatic nitrogens is 1. The lowest BCUT2D eigenvalue weighted by Gasteiger charge is -2.04. The molecule has 0 aliphatic carbocycles. The van der Waals surface area contributed by atoms with Crippen LogP contribution < -0.4 is 10.5 Å². The van der Waals surface area contributed by atoms with Gasteiger partial charge in [-0.25, -0.2) is 4.98 Å². The maximum atomic E-state index is 5.69. The highest BCUT2D eigenvalue weighted by atomic mass is 35.5. The Bertz CT molecular complexity index is 275. The van der Waals surface area contributed by atoms with Gasteiger partial charge in [-0.15, -0.1) is 0 Å². The summed E-state index contributed by atoms with van der Waals surface area (Å²) in [6.07, 6.45) is 0. The van der Waals surface area contributed by atoms with Crippen LogP contribution in [-0.4, -0.2) is 12.1 Å². The molecule has 0 saturated heterocycles. The molecule has 0 spiro atoms. The molecule has 3 nitrogen and oxygen atoms in total. The first kappa shape index (κ1) is 8.14. The summed E-state index contributed by atoms with van der Waals surface area (Å²) in [7, 11) is 1.54. The van der Waals surface area contributed by atoms with Crippen LogP contribution >= 0.6 is 11.6 Å². The van der Waals surface area contributed by atoms with Gasteiger partial charge in [-0.05, 0) is 18.6 Å². The Balaban J connectivity index is 3.21. The molecule has 11 heavy (non-hydrogen) atoms. The molecule has 0 amide bonds. The number of nitrogen functional groups attached to an aromatic ring is 1. The van der Waals surface area contributed by atoms with Gasteiger partial charge in [0.2, 0.25) is 0 Å². The second kappa shape index (κ2) is 2.96. The van der Waals surface area contributed by atoms with Crippen LogP contribution in [0.1, 0.15) is 5.56 Å². The third kappa shape index (κ3) is 1.54. The lowest BCUT2D eigenvalue weighted by atomic mass is 10.3. The zero-order valence-electron chi connectivity index (χ0n) is 6.39. The highest BCUT2D eigenvalue weighted by Gasteiger charge is 2.04. The van der Waals surface area contributed by atoms with Crippen LogP contribution in [0.2, 0.25) is 5.15 Å². The van der Waals surface area contributed by atoms with E-state index >= 15 is 0 Å². The maximum Gasteiger partial charge on any atom is 0.173 e. The molecule has 0 aliphatic rings. The number of ether oxygens (including phenoxy) is 1. The van der Waals surface area contributed by atoms with Gasteiger partial charge in [0.1, 0.15) is 5.82 Å². The van der Waals surface area contributed by atoms with E-state index in [1.54, 1.807) is 13.2 Å². The molecule has 1 rings (SSSR count). The van der Waals surface area contributed by atoms with Crippen molar-refractivity contribution in [3.05, 3.63) is 16.8 Å². The predicted molar refractivity (Wildman–Crippen MR) is 44.9 cm³/mol. The van der Waals surface area contributed by atoms with E-state index in [1.807, 2.05) is 6.92 Å². The van der Waals surface area contributed by atoms with Crippen LogP contribution in [0.15, 0.2) is 6.07 Å². The molecule has 0 atom stereocenters. The number of aryl methyl sites for hydroxylation is 1. The first-order valence-electron chi connectivity index (χ1n) is 3.11. The summed E-state index contributed by atoms with van der Waals surface area (Å²) in [5, 5.41) is 0.301. The molecule has 0 aromatic carbocycles. The standard InChI is InChI=1S/C7H9ClN2O/c1-4-3-5(11-2)6(8)10-7(4)9/h3H,1-2H3,(H2,9,10). The zero-order chi connectivity index (χ0) is 8.43. The predicted octanol–water partition coefficient (Wildman–Crippen LogP) is 1.63. The lowest BCUT2D eigenvalue weighted by Crippen LogP contribution is -1.96. The zero-order valence-corrected chi connectivity index (χ0v) is 7.14. The normalized spacial score (nSPS) is 9.73. The summed E-state index contributed by atoms with van der Waals surface area (Å²) in [6, 6.07) is 1.75. The number of halogens is 1. The molecule has 0 aliphatic heterocycles. The van der Waals surface area contributed by atoms with Crippen LogP contribution in [0.4, 0.5) is 5.82 Å². The molecule has 0 unspecified atom stereocenters. The fourth-order valence-electron chi connectivity index (χ4n) is 0.722. The topological polar surface area (TPSA) is 48.1 Å². The third-order valence-corrected chi connectivity index (χ3v) is 1.66. The van der Waals surface area contributed by atoms with Gasteiger partial charge in [-0.3, -0.25) is 0 Å². The van der Waals surface area contributed by atoms with Crippen LogP contribution in [-0.2, 0) is 0 Å². The van der Waals surface area contributed by atoms with Crippen molar-refractivity contribution in [2.75, 3.05) is 12.8 Å². The molecule has 1 aromatic heterocycles. The van der Waals surface area contributed by atoms with Gasteiger partial charge in [0, 0.05) is 0 Å². The first-order valence-corrected chi connectivity index (χ1v) is 3.49. The van der Waals surface area contributed by atoms with Gasteiger partial charge in [0.15, 0.2) is 10.9 Å².